The van der Waals surface area contributed by atoms with Gasteiger partial charge in [0.15, 0.2) is 0 Å². The fourth-order valence-corrected chi connectivity index (χ4v) is 2.35. The predicted octanol–water partition coefficient (Wildman–Crippen LogP) is 1.66. The molecule has 6 nitrogen and oxygen atoms in total. The van der Waals surface area contributed by atoms with Crippen LogP contribution in [0.1, 0.15) is 43.0 Å². The number of pyridine rings is 1. The normalized spacial score (nSPS) is 16.9. The zero-order valence-corrected chi connectivity index (χ0v) is 12.2. The number of nitrogens with zero attached hydrogens (tertiary/aromatic N) is 2. The summed E-state index contributed by atoms with van der Waals surface area (Å²) >= 11 is 0. The minimum absolute atomic E-state index is 0.377. The maximum atomic E-state index is 11.9. The SMILES string of the molecule is C[C@@H](NC(=O)c1ccc(N2CCCCCC2)nc1)C(=O)O. The van der Waals surface area contributed by atoms with Crippen molar-refractivity contribution in [3.63, 3.8) is 0 Å². The van der Waals surface area contributed by atoms with Crippen LogP contribution in [0.4, 0.5) is 5.82 Å². The molecule has 1 atom stereocenters. The zero-order chi connectivity index (χ0) is 15.2. The number of nitrogens with one attached hydrogen (secondary N) is 1. The van der Waals surface area contributed by atoms with Crippen LogP contribution in [-0.2, 0) is 4.79 Å². The number of hydrogen-bond acceptors (Lipinski definition) is 4. The Morgan fingerprint density at radius 2 is 1.90 bits per heavy atom. The van der Waals surface area contributed by atoms with Gasteiger partial charge in [-0.1, -0.05) is 12.8 Å². The number of carbonyl (C=O) groups is 2. The van der Waals surface area contributed by atoms with Crippen molar-refractivity contribution in [1.29, 1.82) is 0 Å². The summed E-state index contributed by atoms with van der Waals surface area (Å²) in [5.41, 5.74) is 0.377. The quantitative estimate of drug-likeness (QED) is 0.881. The predicted molar refractivity (Wildman–Crippen MR) is 79.5 cm³/mol. The van der Waals surface area contributed by atoms with Crippen LogP contribution in [0.3, 0.4) is 0 Å². The third-order valence-electron chi connectivity index (χ3n) is 3.66. The van der Waals surface area contributed by atoms with E-state index in [1.54, 1.807) is 6.07 Å². The Bertz CT molecular complexity index is 493. The van der Waals surface area contributed by atoms with Gasteiger partial charge in [0, 0.05) is 19.3 Å². The van der Waals surface area contributed by atoms with Crippen molar-refractivity contribution in [3.05, 3.63) is 23.9 Å². The van der Waals surface area contributed by atoms with E-state index in [1.807, 2.05) is 6.07 Å². The Hall–Kier alpha value is -2.11. The highest BCUT2D eigenvalue weighted by atomic mass is 16.4. The average Bonchev–Trinajstić information content (AvgIpc) is 2.76. The standard InChI is InChI=1S/C15H21N3O3/c1-11(15(20)21)17-14(19)12-6-7-13(16-10-12)18-8-4-2-3-5-9-18/h6-7,10-11H,2-5,8-9H2,1H3,(H,17,19)(H,20,21)/t11-/m1/s1. The molecule has 1 aliphatic rings. The van der Waals surface area contributed by atoms with Gasteiger partial charge in [-0.2, -0.15) is 0 Å². The van der Waals surface area contributed by atoms with Gasteiger partial charge in [0.2, 0.25) is 0 Å². The fraction of sp³-hybridized carbons (Fsp3) is 0.533. The van der Waals surface area contributed by atoms with Gasteiger partial charge in [-0.25, -0.2) is 4.98 Å². The van der Waals surface area contributed by atoms with Crippen LogP contribution in [0.2, 0.25) is 0 Å². The summed E-state index contributed by atoms with van der Waals surface area (Å²) in [6.45, 7) is 3.42. The summed E-state index contributed by atoms with van der Waals surface area (Å²) in [5.74, 6) is -0.600. The second-order valence-electron chi connectivity index (χ2n) is 5.34. The van der Waals surface area contributed by atoms with Crippen LogP contribution >= 0.6 is 0 Å². The fourth-order valence-electron chi connectivity index (χ4n) is 2.35. The molecule has 0 unspecified atom stereocenters. The van der Waals surface area contributed by atoms with E-state index in [-0.39, 0.29) is 0 Å². The average molecular weight is 291 g/mol. The van der Waals surface area contributed by atoms with E-state index >= 15 is 0 Å². The van der Waals surface area contributed by atoms with E-state index in [0.29, 0.717) is 5.56 Å². The van der Waals surface area contributed by atoms with Crippen LogP contribution in [0.25, 0.3) is 0 Å². The Labute approximate surface area is 124 Å². The summed E-state index contributed by atoms with van der Waals surface area (Å²) in [6, 6.07) is 2.60. The molecule has 0 spiro atoms. The summed E-state index contributed by atoms with van der Waals surface area (Å²) in [6.07, 6.45) is 6.35. The van der Waals surface area contributed by atoms with Gasteiger partial charge in [-0.3, -0.25) is 9.59 Å². The first-order valence-corrected chi connectivity index (χ1v) is 7.32. The lowest BCUT2D eigenvalue weighted by atomic mass is 10.2. The number of rotatable bonds is 4. The van der Waals surface area contributed by atoms with Gasteiger partial charge in [-0.15, -0.1) is 0 Å². The molecule has 2 heterocycles. The molecule has 6 heteroatoms. The number of carboxylic acids is 1. The maximum absolute atomic E-state index is 11.9. The van der Waals surface area contributed by atoms with Gasteiger partial charge in [-0.05, 0) is 31.9 Å². The number of carbonyl (C=O) groups excluding carboxylic acids is 1. The lowest BCUT2D eigenvalue weighted by Crippen LogP contribution is -2.38. The van der Waals surface area contributed by atoms with Crippen LogP contribution in [-0.4, -0.2) is 41.1 Å². The number of anilines is 1. The summed E-state index contributed by atoms with van der Waals surface area (Å²) < 4.78 is 0. The summed E-state index contributed by atoms with van der Waals surface area (Å²) in [4.78, 5) is 29.2. The molecule has 2 N–H and O–H groups in total. The van der Waals surface area contributed by atoms with Crippen LogP contribution in [0.5, 0.6) is 0 Å². The van der Waals surface area contributed by atoms with E-state index in [1.165, 1.54) is 38.8 Å². The first kappa shape index (κ1) is 15.3. The number of carboxylic acid groups (broad SMARTS) is 1. The van der Waals surface area contributed by atoms with Crippen LogP contribution < -0.4 is 10.2 Å². The number of amides is 1. The van der Waals surface area contributed by atoms with Crippen molar-refractivity contribution in [3.8, 4) is 0 Å². The van der Waals surface area contributed by atoms with Gasteiger partial charge in [0.25, 0.3) is 5.91 Å². The Morgan fingerprint density at radius 1 is 1.24 bits per heavy atom. The highest BCUT2D eigenvalue weighted by Crippen LogP contribution is 2.17. The summed E-state index contributed by atoms with van der Waals surface area (Å²) in [5, 5.41) is 11.2. The molecule has 114 valence electrons. The van der Waals surface area contributed by atoms with E-state index in [4.69, 9.17) is 5.11 Å². The van der Waals surface area contributed by atoms with Gasteiger partial charge < -0.3 is 15.3 Å². The van der Waals surface area contributed by atoms with Crippen molar-refractivity contribution in [2.75, 3.05) is 18.0 Å². The molecule has 0 bridgehead atoms. The van der Waals surface area contributed by atoms with Crippen LogP contribution in [0.15, 0.2) is 18.3 Å². The Kier molecular flexibility index (Phi) is 5.14. The van der Waals surface area contributed by atoms with Crippen molar-refractivity contribution in [1.82, 2.24) is 10.3 Å². The van der Waals surface area contributed by atoms with E-state index < -0.39 is 17.9 Å². The molecule has 1 fully saturated rings. The summed E-state index contributed by atoms with van der Waals surface area (Å²) in [7, 11) is 0. The first-order valence-electron chi connectivity index (χ1n) is 7.32. The molecule has 2 rings (SSSR count). The molecular formula is C15H21N3O3. The second-order valence-corrected chi connectivity index (χ2v) is 5.34. The number of aliphatic carboxylic acids is 1. The maximum Gasteiger partial charge on any atom is 0.325 e. The highest BCUT2D eigenvalue weighted by Gasteiger charge is 2.16. The molecule has 21 heavy (non-hydrogen) atoms. The number of hydrogen-bond donors (Lipinski definition) is 2. The van der Waals surface area contributed by atoms with E-state index in [9.17, 15) is 9.59 Å². The molecule has 0 saturated carbocycles. The van der Waals surface area contributed by atoms with Crippen molar-refractivity contribution in [2.45, 2.75) is 38.6 Å². The van der Waals surface area contributed by atoms with Crippen molar-refractivity contribution < 1.29 is 14.7 Å². The third-order valence-corrected chi connectivity index (χ3v) is 3.66. The molecule has 1 aromatic heterocycles. The minimum Gasteiger partial charge on any atom is -0.480 e. The minimum atomic E-state index is -1.06. The molecule has 0 radical (unpaired) electrons. The molecule has 0 aromatic carbocycles. The molecule has 1 aromatic rings. The first-order chi connectivity index (χ1) is 10.1. The lowest BCUT2D eigenvalue weighted by Gasteiger charge is -2.21. The molecule has 1 saturated heterocycles. The smallest absolute Gasteiger partial charge is 0.325 e. The monoisotopic (exact) mass is 291 g/mol. The number of aromatic nitrogens is 1. The molecule has 1 aliphatic heterocycles. The van der Waals surface area contributed by atoms with Gasteiger partial charge in [0.05, 0.1) is 5.56 Å². The van der Waals surface area contributed by atoms with E-state index in [0.717, 1.165) is 18.9 Å². The Morgan fingerprint density at radius 3 is 2.43 bits per heavy atom. The van der Waals surface area contributed by atoms with E-state index in [2.05, 4.69) is 15.2 Å². The largest absolute Gasteiger partial charge is 0.480 e. The van der Waals surface area contributed by atoms with Gasteiger partial charge >= 0.3 is 5.97 Å². The molecule has 0 aliphatic carbocycles. The molecule has 1 amide bonds. The van der Waals surface area contributed by atoms with Crippen molar-refractivity contribution in [2.24, 2.45) is 0 Å². The third kappa shape index (κ3) is 4.18. The molecular weight excluding hydrogens is 270 g/mol. The van der Waals surface area contributed by atoms with Crippen LogP contribution in [0, 0.1) is 0 Å². The second kappa shape index (κ2) is 7.06. The van der Waals surface area contributed by atoms with Crippen molar-refractivity contribution >= 4 is 17.7 Å². The Balaban J connectivity index is 2.00. The lowest BCUT2D eigenvalue weighted by molar-refractivity contribution is -0.138. The highest BCUT2D eigenvalue weighted by molar-refractivity contribution is 5.96. The zero-order valence-electron chi connectivity index (χ0n) is 12.2. The topological polar surface area (TPSA) is 82.5 Å². The van der Waals surface area contributed by atoms with Gasteiger partial charge in [0.1, 0.15) is 11.9 Å².